The molecule has 0 saturated carbocycles. The van der Waals surface area contributed by atoms with E-state index in [2.05, 4.69) is 24.9 Å². The molecule has 6 nitrogen and oxygen atoms in total. The first-order chi connectivity index (χ1) is 12.9. The van der Waals surface area contributed by atoms with E-state index in [9.17, 15) is 9.59 Å². The zero-order chi connectivity index (χ0) is 19.1. The fourth-order valence-corrected chi connectivity index (χ4v) is 4.70. The largest absolute Gasteiger partial charge is 0.448 e. The molecule has 144 valence electrons. The van der Waals surface area contributed by atoms with E-state index in [0.717, 1.165) is 25.0 Å². The van der Waals surface area contributed by atoms with Crippen molar-refractivity contribution in [3.63, 3.8) is 0 Å². The van der Waals surface area contributed by atoms with Gasteiger partial charge in [0.25, 0.3) is 11.5 Å². The molecule has 2 bridgehead atoms. The maximum Gasteiger partial charge on any atom is 0.275 e. The van der Waals surface area contributed by atoms with Crippen LogP contribution in [-0.4, -0.2) is 33.4 Å². The van der Waals surface area contributed by atoms with Crippen molar-refractivity contribution in [2.24, 2.45) is 11.8 Å². The second kappa shape index (κ2) is 6.98. The molecule has 4 rings (SSSR count). The number of likely N-dealkylation sites (tertiary alicyclic amines) is 1. The van der Waals surface area contributed by atoms with Gasteiger partial charge in [0.1, 0.15) is 6.26 Å². The summed E-state index contributed by atoms with van der Waals surface area (Å²) in [4.78, 5) is 31.7. The minimum absolute atomic E-state index is 0.0733. The van der Waals surface area contributed by atoms with Crippen LogP contribution in [0.25, 0.3) is 0 Å². The number of aromatic nitrogens is 2. The predicted octanol–water partition coefficient (Wildman–Crippen LogP) is 3.38. The second-order valence-corrected chi connectivity index (χ2v) is 8.35. The van der Waals surface area contributed by atoms with Crippen molar-refractivity contribution in [2.75, 3.05) is 13.1 Å². The second-order valence-electron chi connectivity index (χ2n) is 8.35. The summed E-state index contributed by atoms with van der Waals surface area (Å²) in [5, 5.41) is 0. The van der Waals surface area contributed by atoms with E-state index < -0.39 is 0 Å². The molecular formula is C21H27N3O3. The number of carbonyl (C=O) groups is 1. The third kappa shape index (κ3) is 3.33. The molecule has 1 fully saturated rings. The van der Waals surface area contributed by atoms with Crippen LogP contribution in [0.4, 0.5) is 0 Å². The molecule has 0 N–H and O–H groups in total. The van der Waals surface area contributed by atoms with E-state index in [1.165, 1.54) is 6.26 Å². The highest BCUT2D eigenvalue weighted by Gasteiger charge is 2.42. The van der Waals surface area contributed by atoms with Crippen molar-refractivity contribution in [2.45, 2.75) is 52.0 Å². The summed E-state index contributed by atoms with van der Waals surface area (Å²) < 4.78 is 7.24. The van der Waals surface area contributed by atoms with Crippen LogP contribution in [0.1, 0.15) is 67.1 Å². The Morgan fingerprint density at radius 3 is 2.85 bits per heavy atom. The van der Waals surface area contributed by atoms with Crippen LogP contribution < -0.4 is 5.56 Å². The topological polar surface area (TPSA) is 68.3 Å². The van der Waals surface area contributed by atoms with Gasteiger partial charge in [0, 0.05) is 43.7 Å². The molecule has 4 heterocycles. The number of oxazole rings is 1. The highest BCUT2D eigenvalue weighted by atomic mass is 16.3. The molecule has 2 aromatic heterocycles. The van der Waals surface area contributed by atoms with Gasteiger partial charge in [-0.1, -0.05) is 19.9 Å². The molecule has 6 heteroatoms. The number of fused-ring (bicyclic) bond motifs is 4. The van der Waals surface area contributed by atoms with Gasteiger partial charge in [-0.05, 0) is 37.2 Å². The van der Waals surface area contributed by atoms with Crippen molar-refractivity contribution in [1.29, 1.82) is 0 Å². The molecule has 2 aliphatic heterocycles. The van der Waals surface area contributed by atoms with E-state index in [-0.39, 0.29) is 23.4 Å². The molecule has 1 amide bonds. The highest BCUT2D eigenvalue weighted by Crippen LogP contribution is 2.43. The van der Waals surface area contributed by atoms with Gasteiger partial charge in [0.05, 0.1) is 0 Å². The number of rotatable bonds is 4. The van der Waals surface area contributed by atoms with Crippen molar-refractivity contribution < 1.29 is 9.21 Å². The van der Waals surface area contributed by atoms with Crippen LogP contribution in [-0.2, 0) is 0 Å². The first-order valence-electron chi connectivity index (χ1n) is 9.87. The fourth-order valence-electron chi connectivity index (χ4n) is 4.70. The lowest BCUT2D eigenvalue weighted by Gasteiger charge is -2.47. The lowest BCUT2D eigenvalue weighted by atomic mass is 9.76. The average molecular weight is 369 g/mol. The van der Waals surface area contributed by atoms with E-state index in [1.807, 2.05) is 15.5 Å². The van der Waals surface area contributed by atoms with E-state index >= 15 is 0 Å². The van der Waals surface area contributed by atoms with E-state index in [1.54, 1.807) is 13.0 Å². The van der Waals surface area contributed by atoms with Gasteiger partial charge in [0.15, 0.2) is 11.6 Å². The van der Waals surface area contributed by atoms with Crippen molar-refractivity contribution in [3.8, 4) is 0 Å². The van der Waals surface area contributed by atoms with E-state index in [0.29, 0.717) is 36.5 Å². The molecule has 0 aliphatic carbocycles. The Hall–Kier alpha value is -2.37. The molecular weight excluding hydrogens is 342 g/mol. The maximum absolute atomic E-state index is 12.9. The third-order valence-electron chi connectivity index (χ3n) is 5.96. The van der Waals surface area contributed by atoms with Gasteiger partial charge >= 0.3 is 0 Å². The van der Waals surface area contributed by atoms with Crippen LogP contribution >= 0.6 is 0 Å². The predicted molar refractivity (Wildman–Crippen MR) is 102 cm³/mol. The Balaban J connectivity index is 1.66. The van der Waals surface area contributed by atoms with Crippen molar-refractivity contribution in [1.82, 2.24) is 14.5 Å². The normalized spacial score (nSPS) is 24.1. The molecule has 0 unspecified atom stereocenters. The molecule has 2 aliphatic rings. The maximum atomic E-state index is 12.9. The fraction of sp³-hybridized carbons (Fsp3) is 0.571. The summed E-state index contributed by atoms with van der Waals surface area (Å²) in [5.74, 6) is 1.51. The zero-order valence-corrected chi connectivity index (χ0v) is 16.2. The van der Waals surface area contributed by atoms with Gasteiger partial charge in [0.2, 0.25) is 0 Å². The van der Waals surface area contributed by atoms with Crippen LogP contribution in [0.5, 0.6) is 0 Å². The lowest BCUT2D eigenvalue weighted by molar-refractivity contribution is 0.0508. The standard InChI is InChI=1S/C21H27N3O3/c1-13(2)7-8-19-16-9-15(18-5-4-6-20(25)24(18)19)10-23(11-16)21(26)17-12-27-14(3)22-17/h4-6,12-13,15-16,19H,7-11H2,1-3H3/t15-,16+,19+/m1/s1. The van der Waals surface area contributed by atoms with Gasteiger partial charge in [-0.3, -0.25) is 9.59 Å². The summed E-state index contributed by atoms with van der Waals surface area (Å²) in [5.41, 5.74) is 1.53. The number of hydrogen-bond acceptors (Lipinski definition) is 4. The SMILES string of the molecule is Cc1nc(C(=O)N2C[C@H]3C[C@@H](C2)[C@H](CCC(C)C)n2c3cccc2=O)co1. The number of amides is 1. The van der Waals surface area contributed by atoms with Crippen LogP contribution in [0.15, 0.2) is 33.7 Å². The molecule has 3 atom stereocenters. The lowest BCUT2D eigenvalue weighted by Crippen LogP contribution is -2.51. The molecule has 2 aromatic rings. The molecule has 0 aromatic carbocycles. The summed E-state index contributed by atoms with van der Waals surface area (Å²) >= 11 is 0. The first kappa shape index (κ1) is 18.0. The monoisotopic (exact) mass is 369 g/mol. The number of nitrogens with zero attached hydrogens (tertiary/aromatic N) is 3. The average Bonchev–Trinajstić information content (AvgIpc) is 3.07. The molecule has 0 spiro atoms. The smallest absolute Gasteiger partial charge is 0.275 e. The first-order valence-corrected chi connectivity index (χ1v) is 9.87. The Morgan fingerprint density at radius 1 is 1.33 bits per heavy atom. The number of aryl methyl sites for hydroxylation is 1. The van der Waals surface area contributed by atoms with Gasteiger partial charge in [-0.15, -0.1) is 0 Å². The Kier molecular flexibility index (Phi) is 4.66. The molecule has 0 radical (unpaired) electrons. The van der Waals surface area contributed by atoms with Crippen molar-refractivity contribution >= 4 is 5.91 Å². The Morgan fingerprint density at radius 2 is 2.15 bits per heavy atom. The van der Waals surface area contributed by atoms with Crippen LogP contribution in [0.3, 0.4) is 0 Å². The third-order valence-corrected chi connectivity index (χ3v) is 5.96. The minimum atomic E-state index is -0.0733. The molecule has 1 saturated heterocycles. The van der Waals surface area contributed by atoms with Crippen molar-refractivity contribution in [3.05, 3.63) is 52.1 Å². The summed E-state index contributed by atoms with van der Waals surface area (Å²) in [7, 11) is 0. The Bertz CT molecular complexity index is 898. The van der Waals surface area contributed by atoms with Gasteiger partial charge in [-0.2, -0.15) is 0 Å². The zero-order valence-electron chi connectivity index (χ0n) is 16.2. The summed E-state index contributed by atoms with van der Waals surface area (Å²) in [6.07, 6.45) is 4.52. The van der Waals surface area contributed by atoms with Gasteiger partial charge < -0.3 is 13.9 Å². The number of pyridine rings is 1. The number of piperidine rings is 1. The van der Waals surface area contributed by atoms with Gasteiger partial charge in [-0.25, -0.2) is 4.98 Å². The van der Waals surface area contributed by atoms with Crippen LogP contribution in [0.2, 0.25) is 0 Å². The number of hydrogen-bond donors (Lipinski definition) is 0. The number of carbonyl (C=O) groups excluding carboxylic acids is 1. The Labute approximate surface area is 159 Å². The van der Waals surface area contributed by atoms with E-state index in [4.69, 9.17) is 4.42 Å². The minimum Gasteiger partial charge on any atom is -0.448 e. The summed E-state index contributed by atoms with van der Waals surface area (Å²) in [6.45, 7) is 7.46. The molecule has 27 heavy (non-hydrogen) atoms. The summed E-state index contributed by atoms with van der Waals surface area (Å²) in [6, 6.07) is 5.71. The quantitative estimate of drug-likeness (QED) is 0.828. The van der Waals surface area contributed by atoms with Crippen LogP contribution in [0, 0.1) is 18.8 Å². The highest BCUT2D eigenvalue weighted by molar-refractivity contribution is 5.92.